The van der Waals surface area contributed by atoms with E-state index in [2.05, 4.69) is 61.5 Å². The van der Waals surface area contributed by atoms with Gasteiger partial charge in [0, 0.05) is 42.8 Å². The minimum atomic E-state index is 0.825. The van der Waals surface area contributed by atoms with Crippen LogP contribution in [-0.2, 0) is 25.8 Å². The van der Waals surface area contributed by atoms with Crippen molar-refractivity contribution in [2.45, 2.75) is 32.7 Å². The maximum Gasteiger partial charge on any atom is 0.150 e. The average Bonchev–Trinajstić information content (AvgIpc) is 3.20. The summed E-state index contributed by atoms with van der Waals surface area (Å²) < 4.78 is 0. The van der Waals surface area contributed by atoms with Gasteiger partial charge in [-0.1, -0.05) is 37.3 Å². The molecule has 6 nitrogen and oxygen atoms in total. The maximum atomic E-state index is 4.56. The zero-order valence-corrected chi connectivity index (χ0v) is 13.9. The van der Waals surface area contributed by atoms with Crippen LogP contribution in [0.25, 0.3) is 11.3 Å². The van der Waals surface area contributed by atoms with Crippen LogP contribution < -0.4 is 0 Å². The van der Waals surface area contributed by atoms with Gasteiger partial charge in [0.05, 0.1) is 12.2 Å². The van der Waals surface area contributed by atoms with Crippen LogP contribution in [0.4, 0.5) is 0 Å². The zero-order chi connectivity index (χ0) is 16.4. The van der Waals surface area contributed by atoms with E-state index in [-0.39, 0.29) is 0 Å². The second-order valence-electron chi connectivity index (χ2n) is 6.22. The van der Waals surface area contributed by atoms with E-state index in [4.69, 9.17) is 0 Å². The molecule has 0 spiro atoms. The molecule has 3 aromatic rings. The Labute approximate surface area is 141 Å². The largest absolute Gasteiger partial charge is 0.295 e. The number of aromatic nitrogens is 5. The third-order valence-electron chi connectivity index (χ3n) is 4.62. The van der Waals surface area contributed by atoms with E-state index in [0.717, 1.165) is 56.2 Å². The molecule has 0 unspecified atom stereocenters. The fraction of sp³-hybridized carbons (Fsp3) is 0.389. The van der Waals surface area contributed by atoms with Gasteiger partial charge >= 0.3 is 0 Å². The number of rotatable bonds is 4. The Hall–Kier alpha value is -2.47. The topological polar surface area (TPSA) is 73.5 Å². The molecular weight excluding hydrogens is 300 g/mol. The molecule has 3 heterocycles. The van der Waals surface area contributed by atoms with Gasteiger partial charge in [-0.2, -0.15) is 10.2 Å². The molecule has 24 heavy (non-hydrogen) atoms. The SMILES string of the molecule is CCc1n[nH]c(CN2CCc3[nH]nc(-c4ccccc4)c3CC2)n1. The lowest BCUT2D eigenvalue weighted by Gasteiger charge is -2.17. The Bertz CT molecular complexity index is 804. The highest BCUT2D eigenvalue weighted by Gasteiger charge is 2.20. The quantitative estimate of drug-likeness (QED) is 0.773. The van der Waals surface area contributed by atoms with E-state index in [1.165, 1.54) is 16.8 Å². The Morgan fingerprint density at radius 1 is 1.04 bits per heavy atom. The molecule has 4 rings (SSSR count). The summed E-state index contributed by atoms with van der Waals surface area (Å²) in [5.74, 6) is 1.85. The number of hydrogen-bond donors (Lipinski definition) is 2. The van der Waals surface area contributed by atoms with E-state index < -0.39 is 0 Å². The first-order valence-corrected chi connectivity index (χ1v) is 8.57. The monoisotopic (exact) mass is 322 g/mol. The van der Waals surface area contributed by atoms with Crippen LogP contribution in [0.5, 0.6) is 0 Å². The molecule has 0 saturated heterocycles. The van der Waals surface area contributed by atoms with Crippen molar-refractivity contribution in [2.75, 3.05) is 13.1 Å². The van der Waals surface area contributed by atoms with Crippen LogP contribution >= 0.6 is 0 Å². The second kappa shape index (κ2) is 6.57. The van der Waals surface area contributed by atoms with Crippen LogP contribution in [0.3, 0.4) is 0 Å². The first-order valence-electron chi connectivity index (χ1n) is 8.57. The zero-order valence-electron chi connectivity index (χ0n) is 13.9. The number of aryl methyl sites for hydroxylation is 1. The fourth-order valence-electron chi connectivity index (χ4n) is 3.30. The molecule has 1 aliphatic rings. The van der Waals surface area contributed by atoms with E-state index in [1.54, 1.807) is 0 Å². The number of benzene rings is 1. The lowest BCUT2D eigenvalue weighted by atomic mass is 10.0. The van der Waals surface area contributed by atoms with Gasteiger partial charge in [-0.3, -0.25) is 15.1 Å². The molecule has 0 aliphatic carbocycles. The predicted molar refractivity (Wildman–Crippen MR) is 92.5 cm³/mol. The van der Waals surface area contributed by atoms with E-state index in [0.29, 0.717) is 0 Å². The standard InChI is InChI=1S/C18H22N6/c1-2-16-19-17(22-21-16)12-24-10-8-14-15(9-11-24)20-23-18(14)13-6-4-3-5-7-13/h3-7H,2,8-12H2,1H3,(H,20,23)(H,19,21,22). The normalized spacial score (nSPS) is 15.2. The third-order valence-corrected chi connectivity index (χ3v) is 4.62. The van der Waals surface area contributed by atoms with Crippen molar-refractivity contribution < 1.29 is 0 Å². The maximum absolute atomic E-state index is 4.56. The van der Waals surface area contributed by atoms with E-state index in [9.17, 15) is 0 Å². The Morgan fingerprint density at radius 2 is 1.88 bits per heavy atom. The predicted octanol–water partition coefficient (Wildman–Crippen LogP) is 2.36. The third kappa shape index (κ3) is 2.97. The van der Waals surface area contributed by atoms with Gasteiger partial charge < -0.3 is 0 Å². The van der Waals surface area contributed by atoms with Crippen molar-refractivity contribution in [1.82, 2.24) is 30.3 Å². The first-order chi connectivity index (χ1) is 11.8. The molecule has 0 saturated carbocycles. The second-order valence-corrected chi connectivity index (χ2v) is 6.22. The molecule has 0 bridgehead atoms. The summed E-state index contributed by atoms with van der Waals surface area (Å²) in [6.45, 7) is 4.91. The molecule has 2 aromatic heterocycles. The molecule has 1 aliphatic heterocycles. The molecule has 2 N–H and O–H groups in total. The Kier molecular flexibility index (Phi) is 4.13. The van der Waals surface area contributed by atoms with Crippen molar-refractivity contribution in [1.29, 1.82) is 0 Å². The average molecular weight is 322 g/mol. The van der Waals surface area contributed by atoms with Crippen LogP contribution in [0.1, 0.15) is 29.8 Å². The first kappa shape index (κ1) is 15.1. The van der Waals surface area contributed by atoms with Crippen molar-refractivity contribution in [3.8, 4) is 11.3 Å². The van der Waals surface area contributed by atoms with Crippen molar-refractivity contribution in [3.05, 3.63) is 53.2 Å². The summed E-state index contributed by atoms with van der Waals surface area (Å²) in [7, 11) is 0. The lowest BCUT2D eigenvalue weighted by molar-refractivity contribution is 0.272. The van der Waals surface area contributed by atoms with Crippen molar-refractivity contribution in [3.63, 3.8) is 0 Å². The smallest absolute Gasteiger partial charge is 0.150 e. The molecule has 0 radical (unpaired) electrons. The molecule has 6 heteroatoms. The summed E-state index contributed by atoms with van der Waals surface area (Å²) in [5, 5.41) is 15.1. The number of nitrogens with one attached hydrogen (secondary N) is 2. The number of hydrogen-bond acceptors (Lipinski definition) is 4. The van der Waals surface area contributed by atoms with Crippen LogP contribution in [0.15, 0.2) is 30.3 Å². The van der Waals surface area contributed by atoms with E-state index >= 15 is 0 Å². The molecule has 0 amide bonds. The summed E-state index contributed by atoms with van der Waals surface area (Å²) in [6, 6.07) is 10.4. The summed E-state index contributed by atoms with van der Waals surface area (Å²) >= 11 is 0. The van der Waals surface area contributed by atoms with Gasteiger partial charge in [0.25, 0.3) is 0 Å². The molecular formula is C18H22N6. The van der Waals surface area contributed by atoms with Crippen LogP contribution in [0, 0.1) is 0 Å². The van der Waals surface area contributed by atoms with Crippen molar-refractivity contribution in [2.24, 2.45) is 0 Å². The minimum Gasteiger partial charge on any atom is -0.295 e. The fourth-order valence-corrected chi connectivity index (χ4v) is 3.30. The van der Waals surface area contributed by atoms with Gasteiger partial charge in [-0.25, -0.2) is 4.98 Å². The molecule has 0 fully saturated rings. The Morgan fingerprint density at radius 3 is 2.67 bits per heavy atom. The lowest BCUT2D eigenvalue weighted by Crippen LogP contribution is -2.26. The van der Waals surface area contributed by atoms with E-state index in [1.807, 2.05) is 6.07 Å². The summed E-state index contributed by atoms with van der Waals surface area (Å²) in [5.41, 5.74) is 4.91. The van der Waals surface area contributed by atoms with Crippen LogP contribution in [-0.4, -0.2) is 43.4 Å². The van der Waals surface area contributed by atoms with Gasteiger partial charge in [0.1, 0.15) is 11.6 Å². The van der Waals surface area contributed by atoms with Gasteiger partial charge in [-0.05, 0) is 6.42 Å². The Balaban J connectivity index is 1.49. The number of nitrogens with zero attached hydrogens (tertiary/aromatic N) is 4. The van der Waals surface area contributed by atoms with Gasteiger partial charge in [0.15, 0.2) is 0 Å². The summed E-state index contributed by atoms with van der Waals surface area (Å²) in [6.07, 6.45) is 2.86. The van der Waals surface area contributed by atoms with Crippen molar-refractivity contribution >= 4 is 0 Å². The number of aromatic amines is 2. The van der Waals surface area contributed by atoms with Crippen LogP contribution in [0.2, 0.25) is 0 Å². The highest BCUT2D eigenvalue weighted by atomic mass is 15.3. The summed E-state index contributed by atoms with van der Waals surface area (Å²) in [4.78, 5) is 6.96. The van der Waals surface area contributed by atoms with Gasteiger partial charge in [-0.15, -0.1) is 0 Å². The highest BCUT2D eigenvalue weighted by Crippen LogP contribution is 2.26. The molecule has 1 aromatic carbocycles. The molecule has 0 atom stereocenters. The molecule has 124 valence electrons. The highest BCUT2D eigenvalue weighted by molar-refractivity contribution is 5.64. The minimum absolute atomic E-state index is 0.825. The number of H-pyrrole nitrogens is 2. The number of fused-ring (bicyclic) bond motifs is 1. The van der Waals surface area contributed by atoms with Gasteiger partial charge in [0.2, 0.25) is 0 Å².